The molecular formula is C20H27FN2O7PS+. The third-order valence-corrected chi connectivity index (χ3v) is 6.71. The second-order valence-corrected chi connectivity index (χ2v) is 9.64. The van der Waals surface area contributed by atoms with E-state index in [1.807, 2.05) is 26.0 Å². The summed E-state index contributed by atoms with van der Waals surface area (Å²) in [5, 5.41) is 0. The van der Waals surface area contributed by atoms with Gasteiger partial charge in [-0.1, -0.05) is 11.6 Å². The molecule has 0 spiro atoms. The number of rotatable bonds is 4. The summed E-state index contributed by atoms with van der Waals surface area (Å²) in [5.41, 5.74) is 3.31. The van der Waals surface area contributed by atoms with Crippen LogP contribution in [0.3, 0.4) is 0 Å². The van der Waals surface area contributed by atoms with Gasteiger partial charge in [0.15, 0.2) is 10.5 Å². The third kappa shape index (κ3) is 5.79. The minimum absolute atomic E-state index is 0.136. The van der Waals surface area contributed by atoms with Gasteiger partial charge in [-0.3, -0.25) is 18.9 Å². The van der Waals surface area contributed by atoms with Crippen LogP contribution >= 0.6 is 20.4 Å². The van der Waals surface area contributed by atoms with Gasteiger partial charge >= 0.3 is 8.17 Å². The Labute approximate surface area is 190 Å². The molecule has 0 aliphatic carbocycles. The fraction of sp³-hybridized carbons (Fsp3) is 0.500. The van der Waals surface area contributed by atoms with Crippen LogP contribution in [0.4, 0.5) is 4.53 Å². The van der Waals surface area contributed by atoms with Crippen molar-refractivity contribution in [1.82, 2.24) is 9.55 Å². The summed E-state index contributed by atoms with van der Waals surface area (Å²) in [6.45, 7) is 6.03. The summed E-state index contributed by atoms with van der Waals surface area (Å²) in [6, 6.07) is 3.97. The number of aromatic amines is 1. The van der Waals surface area contributed by atoms with E-state index in [4.69, 9.17) is 30.5 Å². The van der Waals surface area contributed by atoms with Gasteiger partial charge in [-0.05, 0) is 62.0 Å². The van der Waals surface area contributed by atoms with E-state index in [9.17, 15) is 14.2 Å². The number of nitrogens with one attached hydrogen (secondary N) is 1. The molecule has 1 aromatic heterocycles. The van der Waals surface area contributed by atoms with Gasteiger partial charge in [-0.15, -0.1) is 9.05 Å². The van der Waals surface area contributed by atoms with Crippen molar-refractivity contribution >= 4 is 20.4 Å². The fourth-order valence-corrected chi connectivity index (χ4v) is 5.22. The van der Waals surface area contributed by atoms with E-state index < -0.39 is 8.17 Å². The number of fused-ring (bicyclic) bond motifs is 1. The first kappa shape index (κ1) is 24.9. The molecule has 0 radical (unpaired) electrons. The Morgan fingerprint density at radius 3 is 2.75 bits per heavy atom. The van der Waals surface area contributed by atoms with Crippen LogP contribution < -0.4 is 10.1 Å². The monoisotopic (exact) mass is 489 g/mol. The second kappa shape index (κ2) is 10.5. The van der Waals surface area contributed by atoms with Crippen molar-refractivity contribution in [2.24, 2.45) is 0 Å². The van der Waals surface area contributed by atoms with Gasteiger partial charge in [0.1, 0.15) is 19.4 Å². The number of nitrogens with zero attached hydrogens (tertiary/aromatic N) is 1. The highest BCUT2D eigenvalue weighted by Crippen LogP contribution is 2.62. The van der Waals surface area contributed by atoms with E-state index >= 15 is 0 Å². The summed E-state index contributed by atoms with van der Waals surface area (Å²) < 4.78 is 34.8. The molecule has 3 atom stereocenters. The molecule has 3 unspecified atom stereocenters. The minimum atomic E-state index is -3.46. The van der Waals surface area contributed by atoms with Crippen molar-refractivity contribution in [3.63, 3.8) is 0 Å². The van der Waals surface area contributed by atoms with E-state index in [-0.39, 0.29) is 31.1 Å². The lowest BCUT2D eigenvalue weighted by Crippen LogP contribution is -2.23. The maximum Gasteiger partial charge on any atom is 0.619 e. The van der Waals surface area contributed by atoms with E-state index in [0.717, 1.165) is 30.2 Å². The molecule has 0 bridgehead atoms. The van der Waals surface area contributed by atoms with Crippen LogP contribution in [0.25, 0.3) is 0 Å². The van der Waals surface area contributed by atoms with Crippen molar-refractivity contribution in [2.75, 3.05) is 13.7 Å². The summed E-state index contributed by atoms with van der Waals surface area (Å²) in [7, 11) is -2.50. The third-order valence-electron chi connectivity index (χ3n) is 5.05. The van der Waals surface area contributed by atoms with Crippen molar-refractivity contribution in [3.8, 4) is 5.75 Å². The minimum Gasteiger partial charge on any atom is -0.352 e. The molecule has 176 valence electrons. The highest BCUT2D eigenvalue weighted by molar-refractivity contribution is 7.71. The van der Waals surface area contributed by atoms with Crippen LogP contribution in [-0.4, -0.2) is 34.3 Å². The van der Waals surface area contributed by atoms with Crippen molar-refractivity contribution in [1.29, 1.82) is 0 Å². The maximum atomic E-state index is 11.7. The van der Waals surface area contributed by atoms with Crippen LogP contribution in [0.5, 0.6) is 5.75 Å². The molecule has 12 heteroatoms. The second-order valence-electron chi connectivity index (χ2n) is 7.62. The lowest BCUT2D eigenvalue weighted by atomic mass is 10.1. The molecule has 4 rings (SSSR count). The molecule has 2 aliphatic heterocycles. The predicted octanol–water partition coefficient (Wildman–Crippen LogP) is 4.32. The van der Waals surface area contributed by atoms with Crippen LogP contribution in [0.15, 0.2) is 23.1 Å². The average molecular weight is 489 g/mol. The van der Waals surface area contributed by atoms with Gasteiger partial charge in [-0.25, -0.2) is 0 Å². The lowest BCUT2D eigenvalue weighted by Gasteiger charge is -2.24. The average Bonchev–Trinajstić information content (AvgIpc) is 3.20. The van der Waals surface area contributed by atoms with Crippen molar-refractivity contribution in [2.45, 2.75) is 52.6 Å². The van der Waals surface area contributed by atoms with Gasteiger partial charge in [0, 0.05) is 17.3 Å². The first-order valence-electron chi connectivity index (χ1n) is 9.98. The normalized spacial score (nSPS) is 24.3. The van der Waals surface area contributed by atoms with Crippen molar-refractivity contribution in [3.05, 3.63) is 55.7 Å². The number of hydrogen-bond donors (Lipinski definition) is 2. The zero-order valence-electron chi connectivity index (χ0n) is 18.3. The Kier molecular flexibility index (Phi) is 8.16. The molecule has 0 saturated carbocycles. The number of H-pyrrole nitrogens is 1. The number of ether oxygens (including phenoxy) is 1. The highest BCUT2D eigenvalue weighted by atomic mass is 32.1. The first-order chi connectivity index (χ1) is 15.2. The summed E-state index contributed by atoms with van der Waals surface area (Å²) in [4.78, 5) is 27.8. The zero-order valence-corrected chi connectivity index (χ0v) is 20.0. The predicted molar refractivity (Wildman–Crippen MR) is 118 cm³/mol. The molecule has 1 aromatic carbocycles. The largest absolute Gasteiger partial charge is 0.619 e. The Hall–Kier alpha value is -1.72. The fourth-order valence-electron chi connectivity index (χ4n) is 3.63. The Morgan fingerprint density at radius 1 is 1.31 bits per heavy atom. The summed E-state index contributed by atoms with van der Waals surface area (Å²) in [6.07, 6.45) is 2.60. The van der Waals surface area contributed by atoms with Gasteiger partial charge < -0.3 is 4.74 Å². The van der Waals surface area contributed by atoms with Crippen molar-refractivity contribution < 1.29 is 32.7 Å². The molecule has 1 fully saturated rings. The molecule has 2 aromatic rings. The van der Waals surface area contributed by atoms with Crippen LogP contribution in [0.1, 0.15) is 41.3 Å². The SMILES string of the molecule is COF.Cc1cc(C)c2c(c1)CO[P+](O)(OCC1CCC(n3cc(C)c(=O)[nH]c3=S)O1)O2. The quantitative estimate of drug-likeness (QED) is 0.483. The summed E-state index contributed by atoms with van der Waals surface area (Å²) in [5.74, 6) is 0.623. The number of hydrogen-bond acceptors (Lipinski definition) is 8. The van der Waals surface area contributed by atoms with Gasteiger partial charge in [0.2, 0.25) is 0 Å². The van der Waals surface area contributed by atoms with E-state index in [1.165, 1.54) is 0 Å². The number of aryl methyl sites for hydroxylation is 3. The maximum absolute atomic E-state index is 11.7. The number of benzene rings is 1. The summed E-state index contributed by atoms with van der Waals surface area (Å²) >= 11 is 5.24. The first-order valence-corrected chi connectivity index (χ1v) is 11.9. The van der Waals surface area contributed by atoms with Crippen LogP contribution in [-0.2, 0) is 25.3 Å². The Balaban J connectivity index is 0.000000913. The molecule has 0 amide bonds. The van der Waals surface area contributed by atoms with Gasteiger partial charge in [0.05, 0.1) is 13.2 Å². The smallest absolute Gasteiger partial charge is 0.352 e. The van der Waals surface area contributed by atoms with Crippen LogP contribution in [0, 0.1) is 25.5 Å². The lowest BCUT2D eigenvalue weighted by molar-refractivity contribution is -0.0960. The number of aromatic nitrogens is 2. The molecule has 3 heterocycles. The van der Waals surface area contributed by atoms with E-state index in [0.29, 0.717) is 22.5 Å². The Morgan fingerprint density at radius 2 is 2.03 bits per heavy atom. The molecule has 9 nitrogen and oxygen atoms in total. The Bertz CT molecular complexity index is 1080. The molecular weight excluding hydrogens is 462 g/mol. The molecule has 1 saturated heterocycles. The van der Waals surface area contributed by atoms with Gasteiger partial charge in [-0.2, -0.15) is 9.83 Å². The zero-order chi connectivity index (χ0) is 23.5. The molecule has 32 heavy (non-hydrogen) atoms. The van der Waals surface area contributed by atoms with E-state index in [2.05, 4.69) is 9.93 Å². The van der Waals surface area contributed by atoms with Crippen LogP contribution in [0.2, 0.25) is 0 Å². The van der Waals surface area contributed by atoms with E-state index in [1.54, 1.807) is 17.7 Å². The molecule has 2 N–H and O–H groups in total. The highest BCUT2D eigenvalue weighted by Gasteiger charge is 2.51. The number of halogens is 1. The standard InChI is InChI=1S/C19H23N2O6PS.CH3FO/c1-11-6-12(2)17-14(7-11)9-24-28(23,27-17)25-10-15-4-5-16(26-15)21-8-13(3)18(22)20-19(21)29;1-3-2/h6-8,15-16,23H,4-5,9-10H2,1-3H3;1H3/p+1. The topological polar surface area (TPSA) is 104 Å². The van der Waals surface area contributed by atoms with Gasteiger partial charge in [0.25, 0.3) is 5.56 Å². The molecule has 2 aliphatic rings.